The minimum Gasteiger partial charge on any atom is -0.457 e. The van der Waals surface area contributed by atoms with E-state index in [9.17, 15) is 0 Å². The van der Waals surface area contributed by atoms with Gasteiger partial charge < -0.3 is 13.9 Å². The van der Waals surface area contributed by atoms with Gasteiger partial charge in [0.1, 0.15) is 11.5 Å². The maximum atomic E-state index is 6.94. The fraction of sp³-hybridized carbons (Fsp3) is 0.0164. The van der Waals surface area contributed by atoms with Crippen LogP contribution in [-0.4, -0.2) is 9.13 Å². The lowest BCUT2D eigenvalue weighted by Crippen LogP contribution is -2.32. The van der Waals surface area contributed by atoms with E-state index >= 15 is 0 Å². The quantitative estimate of drug-likeness (QED) is 0.173. The molecule has 0 N–H and O–H groups in total. The lowest BCUT2D eigenvalue weighted by atomic mass is 9.64. The van der Waals surface area contributed by atoms with Crippen LogP contribution < -0.4 is 4.74 Å². The fourth-order valence-electron chi connectivity index (χ4n) is 11.5. The molecule has 1 aliphatic heterocycles. The van der Waals surface area contributed by atoms with Gasteiger partial charge in [-0.15, -0.1) is 0 Å². The van der Waals surface area contributed by atoms with Crippen LogP contribution in [0.25, 0.3) is 88.4 Å². The maximum absolute atomic E-state index is 6.94. The molecular weight excluding hydrogens is 777 g/mol. The second kappa shape index (κ2) is 13.3. The zero-order valence-electron chi connectivity index (χ0n) is 34.7. The van der Waals surface area contributed by atoms with Crippen molar-refractivity contribution in [1.29, 1.82) is 0 Å². The molecule has 12 aromatic rings. The first-order chi connectivity index (χ1) is 31.8. The van der Waals surface area contributed by atoms with Crippen molar-refractivity contribution in [1.82, 2.24) is 9.13 Å². The summed E-state index contributed by atoms with van der Waals surface area (Å²) in [5, 5.41) is 4.97. The number of benzene rings is 10. The Morgan fingerprint density at radius 2 is 0.719 bits per heavy atom. The molecule has 0 unspecified atom stereocenters. The molecule has 14 rings (SSSR count). The van der Waals surface area contributed by atoms with Gasteiger partial charge in [0.25, 0.3) is 0 Å². The second-order valence-electron chi connectivity index (χ2n) is 17.1. The Labute approximate surface area is 370 Å². The summed E-state index contributed by atoms with van der Waals surface area (Å²) in [4.78, 5) is 0. The summed E-state index contributed by atoms with van der Waals surface area (Å²) in [6, 6.07) is 84.4. The summed E-state index contributed by atoms with van der Waals surface area (Å²) in [5.41, 5.74) is 18.4. The standard InChI is InChI=1S/C61H38N2O/c1-3-17-39(18-4-1)41-21-15-23-43(37-41)62-51-29-11-7-25-47(51)57-53(62)35-33-45-46-34-36-54-58(60(46)61(59(45)57)49-27-9-13-31-55(49)64-56-32-14-10-28-50(56)61)48-26-8-12-30-52(48)63(54)44-24-16-22-42(38-44)40-19-5-2-6-20-40/h1-38H. The van der Waals surface area contributed by atoms with Gasteiger partial charge in [-0.1, -0.05) is 170 Å². The SMILES string of the molecule is c1ccc(-c2cccc(-n3c4ccccc4c4c5c(ccc43)-c3ccc4c(c3C53c5ccccc5Oc5ccccc53)c3ccccc3n4-c3cccc(-c4ccccc4)c3)c2)cc1. The van der Waals surface area contributed by atoms with Gasteiger partial charge in [-0.25, -0.2) is 0 Å². The first-order valence-electron chi connectivity index (χ1n) is 22.1. The third-order valence-corrected chi connectivity index (χ3v) is 13.9. The molecule has 3 heteroatoms. The predicted octanol–water partition coefficient (Wildman–Crippen LogP) is 15.7. The average Bonchev–Trinajstić information content (AvgIpc) is 3.99. The number of rotatable bonds is 4. The van der Waals surface area contributed by atoms with E-state index in [1.165, 1.54) is 88.1 Å². The Morgan fingerprint density at radius 1 is 0.312 bits per heavy atom. The Balaban J connectivity index is 1.14. The molecule has 2 aliphatic rings. The summed E-state index contributed by atoms with van der Waals surface area (Å²) >= 11 is 0. The van der Waals surface area contributed by atoms with Gasteiger partial charge in [0.05, 0.1) is 27.5 Å². The summed E-state index contributed by atoms with van der Waals surface area (Å²) in [6.07, 6.45) is 0. The third kappa shape index (κ3) is 4.70. The van der Waals surface area contributed by atoms with Crippen molar-refractivity contribution in [2.24, 2.45) is 0 Å². The summed E-state index contributed by atoms with van der Waals surface area (Å²) < 4.78 is 11.9. The van der Waals surface area contributed by atoms with Crippen molar-refractivity contribution in [2.45, 2.75) is 5.41 Å². The van der Waals surface area contributed by atoms with Gasteiger partial charge in [-0.3, -0.25) is 0 Å². The van der Waals surface area contributed by atoms with Crippen LogP contribution in [-0.2, 0) is 5.41 Å². The number of fused-ring (bicyclic) bond motifs is 17. The number of aromatic nitrogens is 2. The van der Waals surface area contributed by atoms with Crippen molar-refractivity contribution in [3.63, 3.8) is 0 Å². The molecule has 0 fully saturated rings. The van der Waals surface area contributed by atoms with Crippen LogP contribution in [0.1, 0.15) is 22.3 Å². The molecule has 1 spiro atoms. The normalized spacial score (nSPS) is 13.2. The Hall–Kier alpha value is -8.40. The summed E-state index contributed by atoms with van der Waals surface area (Å²) in [6.45, 7) is 0. The van der Waals surface area contributed by atoms with E-state index in [4.69, 9.17) is 4.74 Å². The zero-order chi connectivity index (χ0) is 41.9. The molecule has 0 radical (unpaired) electrons. The summed E-state index contributed by atoms with van der Waals surface area (Å²) in [5.74, 6) is 1.76. The lowest BCUT2D eigenvalue weighted by molar-refractivity contribution is 0.437. The van der Waals surface area contributed by atoms with E-state index in [0.717, 1.165) is 34.0 Å². The Morgan fingerprint density at radius 3 is 1.20 bits per heavy atom. The zero-order valence-corrected chi connectivity index (χ0v) is 34.7. The van der Waals surface area contributed by atoms with Crippen LogP contribution in [0.15, 0.2) is 231 Å². The van der Waals surface area contributed by atoms with Gasteiger partial charge in [-0.2, -0.15) is 0 Å². The van der Waals surface area contributed by atoms with Gasteiger partial charge in [0, 0.05) is 44.0 Å². The highest BCUT2D eigenvalue weighted by molar-refractivity contribution is 6.20. The number of hydrogen-bond acceptors (Lipinski definition) is 1. The van der Waals surface area contributed by atoms with E-state index in [2.05, 4.69) is 240 Å². The lowest BCUT2D eigenvalue weighted by Gasteiger charge is -2.40. The molecule has 0 amide bonds. The van der Waals surface area contributed by atoms with E-state index in [1.54, 1.807) is 0 Å². The molecule has 298 valence electrons. The molecule has 1 aliphatic carbocycles. The first-order valence-corrected chi connectivity index (χ1v) is 22.1. The molecule has 0 saturated carbocycles. The smallest absolute Gasteiger partial charge is 0.132 e. The second-order valence-corrected chi connectivity index (χ2v) is 17.1. The van der Waals surface area contributed by atoms with Crippen LogP contribution in [0, 0.1) is 0 Å². The monoisotopic (exact) mass is 814 g/mol. The first kappa shape index (κ1) is 35.2. The van der Waals surface area contributed by atoms with Crippen molar-refractivity contribution in [2.75, 3.05) is 0 Å². The van der Waals surface area contributed by atoms with Crippen LogP contribution >= 0.6 is 0 Å². The molecule has 2 aromatic heterocycles. The molecular formula is C61H38N2O. The molecule has 0 bridgehead atoms. The molecule has 64 heavy (non-hydrogen) atoms. The van der Waals surface area contributed by atoms with E-state index in [0.29, 0.717) is 0 Å². The highest BCUT2D eigenvalue weighted by Gasteiger charge is 2.53. The van der Waals surface area contributed by atoms with Crippen LogP contribution in [0.3, 0.4) is 0 Å². The number of nitrogens with zero attached hydrogens (tertiary/aromatic N) is 2. The van der Waals surface area contributed by atoms with E-state index in [1.807, 2.05) is 0 Å². The summed E-state index contributed by atoms with van der Waals surface area (Å²) in [7, 11) is 0. The van der Waals surface area contributed by atoms with Crippen molar-refractivity contribution in [3.05, 3.63) is 253 Å². The van der Waals surface area contributed by atoms with Gasteiger partial charge in [0.15, 0.2) is 0 Å². The molecule has 3 heterocycles. The number of hydrogen-bond donors (Lipinski definition) is 0. The minimum absolute atomic E-state index is 0.739. The van der Waals surface area contributed by atoms with Gasteiger partial charge in [0.2, 0.25) is 0 Å². The average molecular weight is 815 g/mol. The predicted molar refractivity (Wildman–Crippen MR) is 263 cm³/mol. The topological polar surface area (TPSA) is 19.1 Å². The van der Waals surface area contributed by atoms with Crippen molar-refractivity contribution < 1.29 is 4.74 Å². The Bertz CT molecular complexity index is 3620. The molecule has 3 nitrogen and oxygen atoms in total. The van der Waals surface area contributed by atoms with Gasteiger partial charge >= 0.3 is 0 Å². The minimum atomic E-state index is -0.739. The number of para-hydroxylation sites is 4. The maximum Gasteiger partial charge on any atom is 0.132 e. The molecule has 10 aromatic carbocycles. The van der Waals surface area contributed by atoms with Crippen molar-refractivity contribution >= 4 is 43.6 Å². The molecule has 0 saturated heterocycles. The van der Waals surface area contributed by atoms with Crippen LogP contribution in [0.4, 0.5) is 0 Å². The largest absolute Gasteiger partial charge is 0.457 e. The van der Waals surface area contributed by atoms with Gasteiger partial charge in [-0.05, 0) is 105 Å². The fourth-order valence-corrected chi connectivity index (χ4v) is 11.5. The highest BCUT2D eigenvalue weighted by Crippen LogP contribution is 2.66. The van der Waals surface area contributed by atoms with E-state index < -0.39 is 5.41 Å². The van der Waals surface area contributed by atoms with Crippen LogP contribution in [0.5, 0.6) is 11.5 Å². The van der Waals surface area contributed by atoms with Crippen molar-refractivity contribution in [3.8, 4) is 56.3 Å². The number of ether oxygens (including phenoxy) is 1. The third-order valence-electron chi connectivity index (χ3n) is 13.9. The van der Waals surface area contributed by atoms with Crippen LogP contribution in [0.2, 0.25) is 0 Å². The molecule has 0 atom stereocenters. The Kier molecular flexibility index (Phi) is 7.32. The highest BCUT2D eigenvalue weighted by atomic mass is 16.5. The van der Waals surface area contributed by atoms with E-state index in [-0.39, 0.29) is 0 Å².